The number of nitrogens with one attached hydrogen (secondary N) is 1. The Morgan fingerprint density at radius 3 is 2.76 bits per heavy atom. The second-order valence-corrected chi connectivity index (χ2v) is 6.05. The monoisotopic (exact) mass is 402 g/mol. The molecule has 0 aliphatic heterocycles. The molecule has 0 aliphatic carbocycles. The van der Waals surface area contributed by atoms with Crippen molar-refractivity contribution in [1.29, 1.82) is 0 Å². The van der Waals surface area contributed by atoms with Crippen molar-refractivity contribution in [1.82, 2.24) is 10.2 Å². The lowest BCUT2D eigenvalue weighted by Crippen LogP contribution is -2.12. The SMILES string of the molecule is Cc1ccc(C(=O)Nc2nnc(-c3cccc(Br)c3)o2)cc1[N+](=O)[O-]. The van der Waals surface area contributed by atoms with Gasteiger partial charge < -0.3 is 4.42 Å². The van der Waals surface area contributed by atoms with Crippen LogP contribution in [0.1, 0.15) is 15.9 Å². The zero-order valence-electron chi connectivity index (χ0n) is 12.9. The number of rotatable bonds is 4. The van der Waals surface area contributed by atoms with Crippen molar-refractivity contribution in [3.8, 4) is 11.5 Å². The van der Waals surface area contributed by atoms with Gasteiger partial charge in [-0.2, -0.15) is 0 Å². The van der Waals surface area contributed by atoms with E-state index in [1.165, 1.54) is 18.2 Å². The van der Waals surface area contributed by atoms with Gasteiger partial charge in [0.25, 0.3) is 11.6 Å². The molecule has 1 amide bonds. The Morgan fingerprint density at radius 2 is 2.04 bits per heavy atom. The van der Waals surface area contributed by atoms with Gasteiger partial charge in [-0.05, 0) is 31.2 Å². The van der Waals surface area contributed by atoms with Gasteiger partial charge in [0.15, 0.2) is 0 Å². The third-order valence-corrected chi connectivity index (χ3v) is 3.88. The Kier molecular flexibility index (Phi) is 4.57. The Hall–Kier alpha value is -3.07. The van der Waals surface area contributed by atoms with Crippen LogP contribution in [0.2, 0.25) is 0 Å². The highest BCUT2D eigenvalue weighted by Crippen LogP contribution is 2.24. The molecule has 1 aromatic heterocycles. The molecule has 1 heterocycles. The second-order valence-electron chi connectivity index (χ2n) is 5.14. The minimum atomic E-state index is -0.576. The fourth-order valence-electron chi connectivity index (χ4n) is 2.13. The summed E-state index contributed by atoms with van der Waals surface area (Å²) < 4.78 is 6.26. The van der Waals surface area contributed by atoms with E-state index in [1.807, 2.05) is 12.1 Å². The molecule has 0 aliphatic rings. The lowest BCUT2D eigenvalue weighted by Gasteiger charge is -2.02. The van der Waals surface area contributed by atoms with E-state index in [1.54, 1.807) is 19.1 Å². The zero-order chi connectivity index (χ0) is 18.0. The van der Waals surface area contributed by atoms with Crippen molar-refractivity contribution in [2.75, 3.05) is 5.32 Å². The number of hydrogen-bond donors (Lipinski definition) is 1. The van der Waals surface area contributed by atoms with Crippen LogP contribution in [0.5, 0.6) is 0 Å². The van der Waals surface area contributed by atoms with E-state index in [0.717, 1.165) is 4.47 Å². The second kappa shape index (κ2) is 6.81. The number of nitro benzene ring substituents is 1. The fraction of sp³-hybridized carbons (Fsp3) is 0.0625. The Morgan fingerprint density at radius 1 is 1.24 bits per heavy atom. The summed E-state index contributed by atoms with van der Waals surface area (Å²) in [5.74, 6) is -0.334. The van der Waals surface area contributed by atoms with E-state index in [4.69, 9.17) is 4.42 Å². The molecule has 8 nitrogen and oxygen atoms in total. The van der Waals surface area contributed by atoms with Crippen molar-refractivity contribution >= 4 is 33.5 Å². The summed E-state index contributed by atoms with van der Waals surface area (Å²) in [5.41, 5.74) is 1.15. The average Bonchev–Trinajstić information content (AvgIpc) is 3.03. The number of aryl methyl sites for hydroxylation is 1. The number of nitro groups is 1. The van der Waals surface area contributed by atoms with Gasteiger partial charge in [0.2, 0.25) is 5.89 Å². The Balaban J connectivity index is 1.80. The first-order valence-electron chi connectivity index (χ1n) is 7.10. The summed E-state index contributed by atoms with van der Waals surface area (Å²) in [6.07, 6.45) is 0. The summed E-state index contributed by atoms with van der Waals surface area (Å²) in [6, 6.07) is 11.4. The molecule has 0 saturated carbocycles. The Bertz CT molecular complexity index is 970. The summed E-state index contributed by atoms with van der Waals surface area (Å²) in [7, 11) is 0. The predicted octanol–water partition coefficient (Wildman–Crippen LogP) is 3.97. The van der Waals surface area contributed by atoms with Crippen molar-refractivity contribution in [3.63, 3.8) is 0 Å². The van der Waals surface area contributed by atoms with E-state index in [9.17, 15) is 14.9 Å². The van der Waals surface area contributed by atoms with Crippen LogP contribution in [0.25, 0.3) is 11.5 Å². The standard InChI is InChI=1S/C16H11BrN4O4/c1-9-5-6-10(8-13(9)21(23)24)14(22)18-16-20-19-15(25-16)11-3-2-4-12(17)7-11/h2-8H,1H3,(H,18,20,22). The molecule has 1 N–H and O–H groups in total. The van der Waals surface area contributed by atoms with E-state index < -0.39 is 10.8 Å². The van der Waals surface area contributed by atoms with Crippen LogP contribution in [-0.2, 0) is 0 Å². The first-order chi connectivity index (χ1) is 11.9. The van der Waals surface area contributed by atoms with Gasteiger partial charge in [-0.25, -0.2) is 0 Å². The maximum Gasteiger partial charge on any atom is 0.322 e. The summed E-state index contributed by atoms with van der Waals surface area (Å²) >= 11 is 3.35. The number of amides is 1. The fourth-order valence-corrected chi connectivity index (χ4v) is 2.53. The molecule has 0 saturated heterocycles. The van der Waals surface area contributed by atoms with Crippen molar-refractivity contribution < 1.29 is 14.1 Å². The maximum atomic E-state index is 12.2. The van der Waals surface area contributed by atoms with Crippen LogP contribution < -0.4 is 5.32 Å². The number of benzene rings is 2. The van der Waals surface area contributed by atoms with Crippen LogP contribution >= 0.6 is 15.9 Å². The summed E-state index contributed by atoms with van der Waals surface area (Å²) in [6.45, 7) is 1.60. The van der Waals surface area contributed by atoms with Gasteiger partial charge >= 0.3 is 6.01 Å². The van der Waals surface area contributed by atoms with Crippen LogP contribution in [0.15, 0.2) is 51.4 Å². The maximum absolute atomic E-state index is 12.2. The number of anilines is 1. The molecule has 0 spiro atoms. The van der Waals surface area contributed by atoms with Gasteiger partial charge in [0, 0.05) is 27.2 Å². The first kappa shape index (κ1) is 16.8. The number of carbonyl (C=O) groups excluding carboxylic acids is 1. The van der Waals surface area contributed by atoms with E-state index in [2.05, 4.69) is 31.4 Å². The highest BCUT2D eigenvalue weighted by atomic mass is 79.9. The van der Waals surface area contributed by atoms with Gasteiger partial charge in [-0.1, -0.05) is 33.2 Å². The van der Waals surface area contributed by atoms with E-state index in [0.29, 0.717) is 11.1 Å². The van der Waals surface area contributed by atoms with Gasteiger partial charge in [-0.15, -0.1) is 5.10 Å². The molecule has 0 bridgehead atoms. The van der Waals surface area contributed by atoms with Crippen LogP contribution in [0, 0.1) is 17.0 Å². The minimum Gasteiger partial charge on any atom is -0.403 e. The summed E-state index contributed by atoms with van der Waals surface area (Å²) in [4.78, 5) is 22.7. The van der Waals surface area contributed by atoms with Gasteiger partial charge in [-0.3, -0.25) is 20.2 Å². The molecule has 2 aromatic carbocycles. The molecule has 3 rings (SSSR count). The number of halogens is 1. The summed E-state index contributed by atoms with van der Waals surface area (Å²) in [5, 5.41) is 21.0. The first-order valence-corrected chi connectivity index (χ1v) is 7.89. The van der Waals surface area contributed by atoms with Crippen LogP contribution in [-0.4, -0.2) is 21.0 Å². The smallest absolute Gasteiger partial charge is 0.322 e. The molecular weight excluding hydrogens is 392 g/mol. The topological polar surface area (TPSA) is 111 Å². The van der Waals surface area contributed by atoms with E-state index >= 15 is 0 Å². The molecule has 9 heteroatoms. The molecule has 3 aromatic rings. The number of aromatic nitrogens is 2. The number of nitrogens with zero attached hydrogens (tertiary/aromatic N) is 3. The van der Waals surface area contributed by atoms with Gasteiger partial charge in [0.05, 0.1) is 4.92 Å². The molecule has 25 heavy (non-hydrogen) atoms. The normalized spacial score (nSPS) is 10.5. The molecule has 0 radical (unpaired) electrons. The predicted molar refractivity (Wildman–Crippen MR) is 93.2 cm³/mol. The molecule has 126 valence electrons. The molecular formula is C16H11BrN4O4. The highest BCUT2D eigenvalue weighted by Gasteiger charge is 2.17. The van der Waals surface area contributed by atoms with Crippen molar-refractivity contribution in [2.24, 2.45) is 0 Å². The van der Waals surface area contributed by atoms with Gasteiger partial charge in [0.1, 0.15) is 0 Å². The van der Waals surface area contributed by atoms with Crippen LogP contribution in [0.3, 0.4) is 0 Å². The third kappa shape index (κ3) is 3.72. The Labute approximate surface area is 150 Å². The molecule has 0 unspecified atom stereocenters. The average molecular weight is 403 g/mol. The van der Waals surface area contributed by atoms with E-state index in [-0.39, 0.29) is 23.2 Å². The number of hydrogen-bond acceptors (Lipinski definition) is 6. The van der Waals surface area contributed by atoms with Crippen LogP contribution in [0.4, 0.5) is 11.7 Å². The zero-order valence-corrected chi connectivity index (χ0v) is 14.5. The molecule has 0 atom stereocenters. The third-order valence-electron chi connectivity index (χ3n) is 3.39. The van der Waals surface area contributed by atoms with Crippen molar-refractivity contribution in [3.05, 3.63) is 68.2 Å². The lowest BCUT2D eigenvalue weighted by molar-refractivity contribution is -0.385. The molecule has 0 fully saturated rings. The minimum absolute atomic E-state index is 0.0943. The highest BCUT2D eigenvalue weighted by molar-refractivity contribution is 9.10. The number of carbonyl (C=O) groups is 1. The largest absolute Gasteiger partial charge is 0.403 e. The lowest BCUT2D eigenvalue weighted by atomic mass is 10.1. The quantitative estimate of drug-likeness (QED) is 0.521. The van der Waals surface area contributed by atoms with Crippen molar-refractivity contribution in [2.45, 2.75) is 6.92 Å².